The van der Waals surface area contributed by atoms with Gasteiger partial charge >= 0.3 is 6.18 Å². The highest BCUT2D eigenvalue weighted by atomic mass is 19.4. The number of halogens is 3. The van der Waals surface area contributed by atoms with E-state index in [1.54, 1.807) is 24.3 Å². The lowest BCUT2D eigenvalue weighted by molar-refractivity contribution is -0.142. The third kappa shape index (κ3) is 3.37. The molecule has 0 bridgehead atoms. The fourth-order valence-corrected chi connectivity index (χ4v) is 2.31. The largest absolute Gasteiger partial charge is 0.433 e. The maximum atomic E-state index is 13.4. The lowest BCUT2D eigenvalue weighted by Gasteiger charge is -2.09. The molecule has 0 fully saturated rings. The van der Waals surface area contributed by atoms with Gasteiger partial charge in [0.1, 0.15) is 17.1 Å². The van der Waals surface area contributed by atoms with E-state index in [9.17, 15) is 18.0 Å². The van der Waals surface area contributed by atoms with Gasteiger partial charge in [0.25, 0.3) is 5.91 Å². The molecule has 0 radical (unpaired) electrons. The second-order valence-electron chi connectivity index (χ2n) is 5.15. The molecule has 0 aliphatic carbocycles. The Kier molecular flexibility index (Phi) is 4.26. The zero-order chi connectivity index (χ0) is 18.0. The number of aromatic nitrogens is 3. The molecule has 0 saturated heterocycles. The zero-order valence-electron chi connectivity index (χ0n) is 13.1. The number of hydrogen-bond acceptors (Lipinski definition) is 3. The summed E-state index contributed by atoms with van der Waals surface area (Å²) < 4.78 is 41.0. The van der Waals surface area contributed by atoms with Crippen LogP contribution in [0.2, 0.25) is 0 Å². The molecule has 8 heteroatoms. The van der Waals surface area contributed by atoms with Crippen LogP contribution in [0.3, 0.4) is 0 Å². The molecule has 1 aromatic carbocycles. The second kappa shape index (κ2) is 6.39. The average Bonchev–Trinajstić information content (AvgIpc) is 3.08. The van der Waals surface area contributed by atoms with E-state index < -0.39 is 17.8 Å². The lowest BCUT2D eigenvalue weighted by Crippen LogP contribution is -2.19. The number of nitrogens with one attached hydrogen (secondary N) is 1. The fraction of sp³-hybridized carbons (Fsp3) is 0.118. The highest BCUT2D eigenvalue weighted by Crippen LogP contribution is 2.33. The van der Waals surface area contributed by atoms with Crippen LogP contribution >= 0.6 is 0 Å². The number of nitrogens with zero attached hydrogens (tertiary/aromatic N) is 3. The molecule has 2 heterocycles. The Morgan fingerprint density at radius 2 is 1.76 bits per heavy atom. The Hall–Kier alpha value is -3.16. The number of carbonyl (C=O) groups is 1. The van der Waals surface area contributed by atoms with Crippen molar-refractivity contribution < 1.29 is 18.0 Å². The predicted molar refractivity (Wildman–Crippen MR) is 85.2 cm³/mol. The second-order valence-corrected chi connectivity index (χ2v) is 5.15. The first kappa shape index (κ1) is 16.7. The first-order chi connectivity index (χ1) is 11.9. The summed E-state index contributed by atoms with van der Waals surface area (Å²) >= 11 is 0. The summed E-state index contributed by atoms with van der Waals surface area (Å²) in [6.07, 6.45) is -4.58. The van der Waals surface area contributed by atoms with Gasteiger partial charge in [-0.25, -0.2) is 9.67 Å². The highest BCUT2D eigenvalue weighted by Gasteiger charge is 2.36. The monoisotopic (exact) mass is 346 g/mol. The minimum atomic E-state index is -4.58. The van der Waals surface area contributed by atoms with E-state index in [-0.39, 0.29) is 22.8 Å². The molecule has 5 nitrogen and oxygen atoms in total. The molecule has 128 valence electrons. The van der Waals surface area contributed by atoms with E-state index in [2.05, 4.69) is 15.4 Å². The highest BCUT2D eigenvalue weighted by molar-refractivity contribution is 5.92. The Morgan fingerprint density at radius 1 is 1.04 bits per heavy atom. The van der Waals surface area contributed by atoms with Gasteiger partial charge in [-0.3, -0.25) is 4.79 Å². The molecule has 0 aliphatic heterocycles. The molecule has 25 heavy (non-hydrogen) atoms. The van der Waals surface area contributed by atoms with Crippen molar-refractivity contribution >= 4 is 5.91 Å². The smallest absolute Gasteiger partial charge is 0.354 e. The van der Waals surface area contributed by atoms with Crippen LogP contribution in [-0.4, -0.2) is 27.7 Å². The van der Waals surface area contributed by atoms with Gasteiger partial charge in [-0.05, 0) is 30.3 Å². The molecule has 1 N–H and O–H groups in total. The number of pyridine rings is 1. The maximum Gasteiger partial charge on any atom is 0.433 e. The molecule has 1 amide bonds. The van der Waals surface area contributed by atoms with Crippen LogP contribution in [0, 0.1) is 0 Å². The van der Waals surface area contributed by atoms with Crippen molar-refractivity contribution in [2.75, 3.05) is 7.05 Å². The normalized spacial score (nSPS) is 11.4. The lowest BCUT2D eigenvalue weighted by atomic mass is 10.2. The predicted octanol–water partition coefficient (Wildman–Crippen LogP) is 3.31. The van der Waals surface area contributed by atoms with Gasteiger partial charge in [-0.1, -0.05) is 24.3 Å². The van der Waals surface area contributed by atoms with Gasteiger partial charge in [0.2, 0.25) is 0 Å². The van der Waals surface area contributed by atoms with Gasteiger partial charge in [0, 0.05) is 7.05 Å². The SMILES string of the molecule is CNC(=O)c1cccc(-c2cc(C(F)(F)F)n(-c3ccccc3)n2)n1. The zero-order valence-corrected chi connectivity index (χ0v) is 13.1. The summed E-state index contributed by atoms with van der Waals surface area (Å²) in [5.74, 6) is -0.430. The molecule has 0 atom stereocenters. The Labute approximate surface area is 141 Å². The van der Waals surface area contributed by atoms with Crippen molar-refractivity contribution in [3.63, 3.8) is 0 Å². The molecule has 0 unspecified atom stereocenters. The fourth-order valence-electron chi connectivity index (χ4n) is 2.31. The average molecular weight is 346 g/mol. The van der Waals surface area contributed by atoms with E-state index in [4.69, 9.17) is 0 Å². The van der Waals surface area contributed by atoms with Crippen molar-refractivity contribution in [3.8, 4) is 17.1 Å². The van der Waals surface area contributed by atoms with E-state index in [0.717, 1.165) is 10.7 Å². The van der Waals surface area contributed by atoms with Gasteiger partial charge in [0.05, 0.1) is 11.4 Å². The number of alkyl halides is 3. The van der Waals surface area contributed by atoms with Crippen LogP contribution in [0.15, 0.2) is 54.6 Å². The first-order valence-corrected chi connectivity index (χ1v) is 7.32. The van der Waals surface area contributed by atoms with Crippen LogP contribution in [0.5, 0.6) is 0 Å². The van der Waals surface area contributed by atoms with E-state index in [0.29, 0.717) is 0 Å². The Bertz CT molecular complexity index is 904. The number of amides is 1. The number of hydrogen-bond donors (Lipinski definition) is 1. The van der Waals surface area contributed by atoms with E-state index in [1.807, 2.05) is 0 Å². The minimum Gasteiger partial charge on any atom is -0.354 e. The van der Waals surface area contributed by atoms with Gasteiger partial charge < -0.3 is 5.32 Å². The van der Waals surface area contributed by atoms with Crippen LogP contribution in [0.25, 0.3) is 17.1 Å². The summed E-state index contributed by atoms with van der Waals surface area (Å²) in [5, 5.41) is 6.47. The topological polar surface area (TPSA) is 59.8 Å². The van der Waals surface area contributed by atoms with Crippen LogP contribution in [0.1, 0.15) is 16.2 Å². The quantitative estimate of drug-likeness (QED) is 0.791. The number of carbonyl (C=O) groups excluding carboxylic acids is 1. The van der Waals surface area contributed by atoms with Crippen molar-refractivity contribution in [3.05, 3.63) is 66.0 Å². The van der Waals surface area contributed by atoms with Crippen molar-refractivity contribution in [1.29, 1.82) is 0 Å². The van der Waals surface area contributed by atoms with Crippen molar-refractivity contribution in [2.45, 2.75) is 6.18 Å². The number of benzene rings is 1. The molecular formula is C17H13F3N4O. The number of rotatable bonds is 3. The van der Waals surface area contributed by atoms with Crippen molar-refractivity contribution in [1.82, 2.24) is 20.1 Å². The number of para-hydroxylation sites is 1. The summed E-state index contributed by atoms with van der Waals surface area (Å²) in [6, 6.07) is 13.5. The molecular weight excluding hydrogens is 333 g/mol. The molecule has 2 aromatic heterocycles. The third-order valence-electron chi connectivity index (χ3n) is 3.47. The first-order valence-electron chi connectivity index (χ1n) is 7.32. The van der Waals surface area contributed by atoms with Gasteiger partial charge in [-0.2, -0.15) is 18.3 Å². The Morgan fingerprint density at radius 3 is 2.40 bits per heavy atom. The maximum absolute atomic E-state index is 13.4. The third-order valence-corrected chi connectivity index (χ3v) is 3.47. The van der Waals surface area contributed by atoms with Crippen LogP contribution < -0.4 is 5.32 Å². The summed E-state index contributed by atoms with van der Waals surface area (Å²) in [6.45, 7) is 0. The summed E-state index contributed by atoms with van der Waals surface area (Å²) in [4.78, 5) is 15.8. The van der Waals surface area contributed by atoms with Crippen molar-refractivity contribution in [2.24, 2.45) is 0 Å². The van der Waals surface area contributed by atoms with Gasteiger partial charge in [-0.15, -0.1) is 0 Å². The van der Waals surface area contributed by atoms with E-state index in [1.165, 1.54) is 31.3 Å². The van der Waals surface area contributed by atoms with E-state index >= 15 is 0 Å². The summed E-state index contributed by atoms with van der Waals surface area (Å²) in [5.41, 5.74) is -0.324. The molecule has 3 rings (SSSR count). The van der Waals surface area contributed by atoms with Crippen LogP contribution in [0.4, 0.5) is 13.2 Å². The molecule has 0 aliphatic rings. The van der Waals surface area contributed by atoms with Crippen LogP contribution in [-0.2, 0) is 6.18 Å². The molecule has 0 saturated carbocycles. The molecule has 3 aromatic rings. The molecule has 0 spiro atoms. The Balaban J connectivity index is 2.13. The summed E-state index contributed by atoms with van der Waals surface area (Å²) in [7, 11) is 1.45. The van der Waals surface area contributed by atoms with Gasteiger partial charge in [0.15, 0.2) is 0 Å². The minimum absolute atomic E-state index is 0.0296. The standard InChI is InChI=1S/C17H13F3N4O/c1-21-16(25)13-9-5-8-12(22-13)14-10-15(17(18,19)20)24(23-14)11-6-3-2-4-7-11/h2-10H,1H3,(H,21,25).